The van der Waals surface area contributed by atoms with Crippen molar-refractivity contribution in [1.82, 2.24) is 5.32 Å². The quantitative estimate of drug-likeness (QED) is 0.522. The Labute approximate surface area is 68.0 Å². The van der Waals surface area contributed by atoms with Crippen LogP contribution in [0.1, 0.15) is 0 Å². The van der Waals surface area contributed by atoms with E-state index in [1.165, 1.54) is 6.08 Å². The molecule has 5 nitrogen and oxygen atoms in total. The minimum Gasteiger partial charge on any atom is -0.478 e. The summed E-state index contributed by atoms with van der Waals surface area (Å²) in [5.74, 6) is -2.49. The fourth-order valence-electron chi connectivity index (χ4n) is 0.885. The van der Waals surface area contributed by atoms with Gasteiger partial charge >= 0.3 is 11.9 Å². The third-order valence-corrected chi connectivity index (χ3v) is 1.39. The number of nitrogens with one attached hydrogen (secondary N) is 1. The molecule has 0 radical (unpaired) electrons. The van der Waals surface area contributed by atoms with Gasteiger partial charge in [0.1, 0.15) is 5.70 Å². The van der Waals surface area contributed by atoms with Crippen LogP contribution in [0.25, 0.3) is 0 Å². The van der Waals surface area contributed by atoms with E-state index in [-0.39, 0.29) is 11.3 Å². The van der Waals surface area contributed by atoms with Crippen molar-refractivity contribution in [2.75, 3.05) is 6.54 Å². The van der Waals surface area contributed by atoms with Crippen LogP contribution in [-0.4, -0.2) is 28.7 Å². The van der Waals surface area contributed by atoms with Gasteiger partial charge in [0.25, 0.3) is 0 Å². The Morgan fingerprint density at radius 2 is 2.00 bits per heavy atom. The minimum atomic E-state index is -1.25. The Bertz CT molecular complexity index is 290. The van der Waals surface area contributed by atoms with Crippen LogP contribution in [0, 0.1) is 0 Å². The number of aliphatic carboxylic acids is 2. The number of carbonyl (C=O) groups is 2. The van der Waals surface area contributed by atoms with E-state index < -0.39 is 11.9 Å². The zero-order valence-corrected chi connectivity index (χ0v) is 6.07. The highest BCUT2D eigenvalue weighted by molar-refractivity contribution is 6.00. The topological polar surface area (TPSA) is 86.6 Å². The largest absolute Gasteiger partial charge is 0.478 e. The number of dihydropyridines is 1. The van der Waals surface area contributed by atoms with E-state index in [1.807, 2.05) is 0 Å². The molecular formula is C7H7NO4. The SMILES string of the molecule is O=C(O)C1=C(C(=O)O)NCC=C1. The van der Waals surface area contributed by atoms with Gasteiger partial charge in [0, 0.05) is 6.54 Å². The van der Waals surface area contributed by atoms with E-state index in [4.69, 9.17) is 10.2 Å². The van der Waals surface area contributed by atoms with E-state index >= 15 is 0 Å². The zero-order valence-electron chi connectivity index (χ0n) is 6.07. The molecular weight excluding hydrogens is 162 g/mol. The summed E-state index contributed by atoms with van der Waals surface area (Å²) < 4.78 is 0. The van der Waals surface area contributed by atoms with Gasteiger partial charge in [0.05, 0.1) is 5.57 Å². The summed E-state index contributed by atoms with van der Waals surface area (Å²) in [5, 5.41) is 19.5. The molecule has 12 heavy (non-hydrogen) atoms. The summed E-state index contributed by atoms with van der Waals surface area (Å²) >= 11 is 0. The van der Waals surface area contributed by atoms with E-state index in [2.05, 4.69) is 5.32 Å². The maximum absolute atomic E-state index is 10.5. The summed E-state index contributed by atoms with van der Waals surface area (Å²) in [5.41, 5.74) is -0.473. The third kappa shape index (κ3) is 1.45. The van der Waals surface area contributed by atoms with Gasteiger partial charge in [0.2, 0.25) is 0 Å². The van der Waals surface area contributed by atoms with E-state index in [0.29, 0.717) is 6.54 Å². The number of hydrogen-bond acceptors (Lipinski definition) is 3. The second kappa shape index (κ2) is 3.08. The van der Waals surface area contributed by atoms with Gasteiger partial charge < -0.3 is 15.5 Å². The molecule has 0 fully saturated rings. The fraction of sp³-hybridized carbons (Fsp3) is 0.143. The number of hydrogen-bond donors (Lipinski definition) is 3. The maximum atomic E-state index is 10.5. The average Bonchev–Trinajstić information content (AvgIpc) is 2.04. The highest BCUT2D eigenvalue weighted by atomic mass is 16.4. The van der Waals surface area contributed by atoms with E-state index in [1.54, 1.807) is 6.08 Å². The molecule has 0 aromatic heterocycles. The number of carboxylic acid groups (broad SMARTS) is 2. The molecule has 3 N–H and O–H groups in total. The van der Waals surface area contributed by atoms with Crippen molar-refractivity contribution in [3.05, 3.63) is 23.4 Å². The van der Waals surface area contributed by atoms with Crippen molar-refractivity contribution in [3.63, 3.8) is 0 Å². The van der Waals surface area contributed by atoms with Crippen molar-refractivity contribution in [3.8, 4) is 0 Å². The molecule has 1 heterocycles. The van der Waals surface area contributed by atoms with Gasteiger partial charge in [-0.1, -0.05) is 6.08 Å². The van der Waals surface area contributed by atoms with Crippen LogP contribution in [0.2, 0.25) is 0 Å². The first-order chi connectivity index (χ1) is 5.63. The Balaban J connectivity index is 3.08. The lowest BCUT2D eigenvalue weighted by molar-refractivity contribution is -0.136. The molecule has 1 rings (SSSR count). The number of carboxylic acids is 2. The van der Waals surface area contributed by atoms with E-state index in [9.17, 15) is 9.59 Å². The molecule has 0 saturated carbocycles. The van der Waals surface area contributed by atoms with Crippen LogP contribution in [0.15, 0.2) is 23.4 Å². The zero-order chi connectivity index (χ0) is 9.14. The van der Waals surface area contributed by atoms with Crippen molar-refractivity contribution < 1.29 is 19.8 Å². The Hall–Kier alpha value is -1.78. The van der Waals surface area contributed by atoms with Gasteiger partial charge in [-0.25, -0.2) is 9.59 Å². The monoisotopic (exact) mass is 169 g/mol. The summed E-state index contributed by atoms with van der Waals surface area (Å²) in [7, 11) is 0. The molecule has 64 valence electrons. The molecule has 0 aliphatic carbocycles. The molecule has 0 aromatic carbocycles. The summed E-state index contributed by atoms with van der Waals surface area (Å²) in [4.78, 5) is 20.9. The fourth-order valence-corrected chi connectivity index (χ4v) is 0.885. The first-order valence-electron chi connectivity index (χ1n) is 3.24. The second-order valence-corrected chi connectivity index (χ2v) is 2.18. The number of rotatable bonds is 2. The van der Waals surface area contributed by atoms with Crippen molar-refractivity contribution in [1.29, 1.82) is 0 Å². The highest BCUT2D eigenvalue weighted by Crippen LogP contribution is 2.08. The van der Waals surface area contributed by atoms with Crippen LogP contribution in [-0.2, 0) is 9.59 Å². The van der Waals surface area contributed by atoms with E-state index in [0.717, 1.165) is 0 Å². The average molecular weight is 169 g/mol. The smallest absolute Gasteiger partial charge is 0.352 e. The second-order valence-electron chi connectivity index (χ2n) is 2.18. The molecule has 0 aromatic rings. The molecule has 5 heteroatoms. The maximum Gasteiger partial charge on any atom is 0.352 e. The third-order valence-electron chi connectivity index (χ3n) is 1.39. The molecule has 1 aliphatic rings. The first-order valence-corrected chi connectivity index (χ1v) is 3.24. The summed E-state index contributed by atoms with van der Waals surface area (Å²) in [6.45, 7) is 0.346. The van der Waals surface area contributed by atoms with Crippen LogP contribution < -0.4 is 5.32 Å². The van der Waals surface area contributed by atoms with Crippen molar-refractivity contribution >= 4 is 11.9 Å². The van der Waals surface area contributed by atoms with Gasteiger partial charge in [-0.15, -0.1) is 0 Å². The van der Waals surface area contributed by atoms with Crippen LogP contribution in [0.5, 0.6) is 0 Å². The van der Waals surface area contributed by atoms with Gasteiger partial charge in [-0.05, 0) is 6.08 Å². The molecule has 0 atom stereocenters. The minimum absolute atomic E-state index is 0.214. The Morgan fingerprint density at radius 3 is 2.42 bits per heavy atom. The molecule has 1 aliphatic heterocycles. The summed E-state index contributed by atoms with van der Waals surface area (Å²) in [6.07, 6.45) is 2.83. The lowest BCUT2D eigenvalue weighted by Gasteiger charge is -2.10. The van der Waals surface area contributed by atoms with Crippen LogP contribution >= 0.6 is 0 Å². The molecule has 0 unspecified atom stereocenters. The molecule has 0 bridgehead atoms. The lowest BCUT2D eigenvalue weighted by atomic mass is 10.1. The van der Waals surface area contributed by atoms with Crippen molar-refractivity contribution in [2.45, 2.75) is 0 Å². The van der Waals surface area contributed by atoms with Crippen molar-refractivity contribution in [2.24, 2.45) is 0 Å². The normalized spacial score (nSPS) is 15.7. The molecule has 0 saturated heterocycles. The standard InChI is InChI=1S/C7H7NO4/c9-6(10)4-2-1-3-8-5(4)7(11)12/h1-2,8H,3H2,(H,9,10)(H,11,12). The predicted octanol–water partition coefficient (Wildman–Crippen LogP) is -0.431. The molecule has 0 spiro atoms. The van der Waals surface area contributed by atoms with Gasteiger partial charge in [0.15, 0.2) is 0 Å². The van der Waals surface area contributed by atoms with Gasteiger partial charge in [-0.2, -0.15) is 0 Å². The predicted molar refractivity (Wildman–Crippen MR) is 39.4 cm³/mol. The van der Waals surface area contributed by atoms with Crippen LogP contribution in [0.3, 0.4) is 0 Å². The summed E-state index contributed by atoms with van der Waals surface area (Å²) in [6, 6.07) is 0. The highest BCUT2D eigenvalue weighted by Gasteiger charge is 2.19. The molecule has 0 amide bonds. The lowest BCUT2D eigenvalue weighted by Crippen LogP contribution is -2.26. The Kier molecular flexibility index (Phi) is 2.14. The Morgan fingerprint density at radius 1 is 1.33 bits per heavy atom. The van der Waals surface area contributed by atoms with Gasteiger partial charge in [-0.3, -0.25) is 0 Å². The first kappa shape index (κ1) is 8.32. The van der Waals surface area contributed by atoms with Crippen LogP contribution in [0.4, 0.5) is 0 Å².